The summed E-state index contributed by atoms with van der Waals surface area (Å²) in [7, 11) is 0. The average molecular weight is 388 g/mol. The van der Waals surface area contributed by atoms with E-state index in [1.807, 2.05) is 30.3 Å². The van der Waals surface area contributed by atoms with Crippen LogP contribution in [0.1, 0.15) is 16.2 Å². The van der Waals surface area contributed by atoms with Crippen LogP contribution in [0, 0.1) is 0 Å². The minimum absolute atomic E-state index is 0.143. The van der Waals surface area contributed by atoms with Gasteiger partial charge in [-0.3, -0.25) is 4.79 Å². The van der Waals surface area contributed by atoms with Crippen molar-refractivity contribution in [3.8, 4) is 11.4 Å². The molecule has 0 radical (unpaired) electrons. The molecule has 0 fully saturated rings. The third-order valence-corrected chi connectivity index (χ3v) is 4.17. The summed E-state index contributed by atoms with van der Waals surface area (Å²) in [6, 6.07) is 14.2. The van der Waals surface area contributed by atoms with E-state index in [1.165, 1.54) is 11.0 Å². The van der Waals surface area contributed by atoms with Crippen LogP contribution >= 0.6 is 23.2 Å². The highest BCUT2D eigenvalue weighted by Gasteiger charge is 2.20. The Morgan fingerprint density at radius 3 is 2.65 bits per heavy atom. The van der Waals surface area contributed by atoms with E-state index in [2.05, 4.69) is 16.7 Å². The smallest absolute Gasteiger partial charge is 0.256 e. The van der Waals surface area contributed by atoms with Gasteiger partial charge in [-0.05, 0) is 18.2 Å². The van der Waals surface area contributed by atoms with Crippen LogP contribution in [0.25, 0.3) is 11.4 Å². The minimum atomic E-state index is -0.272. The molecule has 2 aromatic carbocycles. The van der Waals surface area contributed by atoms with Gasteiger partial charge in [-0.15, -0.1) is 6.58 Å². The number of hydrogen-bond acceptors (Lipinski definition) is 4. The van der Waals surface area contributed by atoms with Gasteiger partial charge >= 0.3 is 0 Å². The zero-order valence-corrected chi connectivity index (χ0v) is 15.2. The van der Waals surface area contributed by atoms with Gasteiger partial charge in [-0.25, -0.2) is 0 Å². The van der Waals surface area contributed by atoms with Crippen LogP contribution in [0.15, 0.2) is 65.7 Å². The summed E-state index contributed by atoms with van der Waals surface area (Å²) in [6.07, 6.45) is 1.62. The SMILES string of the molecule is C=CCN(Cc1nc(-c2ccccc2)no1)C(=O)c1ccc(Cl)cc1Cl. The van der Waals surface area contributed by atoms with Crippen molar-refractivity contribution in [3.05, 3.63) is 82.7 Å². The van der Waals surface area contributed by atoms with Crippen LogP contribution in [0.4, 0.5) is 0 Å². The molecular formula is C19H15Cl2N3O2. The topological polar surface area (TPSA) is 59.2 Å². The second kappa shape index (κ2) is 8.17. The van der Waals surface area contributed by atoms with Gasteiger partial charge in [0.25, 0.3) is 5.91 Å². The third kappa shape index (κ3) is 4.12. The summed E-state index contributed by atoms with van der Waals surface area (Å²) in [5.74, 6) is 0.520. The molecule has 0 bridgehead atoms. The van der Waals surface area contributed by atoms with Gasteiger partial charge in [0.15, 0.2) is 0 Å². The molecule has 0 aliphatic heterocycles. The number of benzene rings is 2. The summed E-state index contributed by atoms with van der Waals surface area (Å²) >= 11 is 12.0. The van der Waals surface area contributed by atoms with Crippen molar-refractivity contribution >= 4 is 29.1 Å². The highest BCUT2D eigenvalue weighted by Crippen LogP contribution is 2.23. The zero-order chi connectivity index (χ0) is 18.5. The van der Waals surface area contributed by atoms with Gasteiger partial charge in [0.1, 0.15) is 6.54 Å². The number of carbonyl (C=O) groups excluding carboxylic acids is 1. The first-order chi connectivity index (χ1) is 12.6. The molecule has 132 valence electrons. The number of hydrogen-bond donors (Lipinski definition) is 0. The number of amides is 1. The maximum Gasteiger partial charge on any atom is 0.256 e. The van der Waals surface area contributed by atoms with Crippen LogP contribution in [0.5, 0.6) is 0 Å². The van der Waals surface area contributed by atoms with Crippen molar-refractivity contribution in [1.82, 2.24) is 15.0 Å². The quantitative estimate of drug-likeness (QED) is 0.566. The maximum atomic E-state index is 12.8. The molecule has 0 N–H and O–H groups in total. The molecule has 1 heterocycles. The monoisotopic (exact) mass is 387 g/mol. The average Bonchev–Trinajstić information content (AvgIpc) is 3.10. The predicted octanol–water partition coefficient (Wildman–Crippen LogP) is 4.87. The van der Waals surface area contributed by atoms with Gasteiger partial charge in [0.05, 0.1) is 10.6 Å². The Balaban J connectivity index is 1.81. The first-order valence-electron chi connectivity index (χ1n) is 7.81. The summed E-state index contributed by atoms with van der Waals surface area (Å²) in [6.45, 7) is 4.14. The molecule has 1 aromatic heterocycles. The summed E-state index contributed by atoms with van der Waals surface area (Å²) in [5.41, 5.74) is 1.19. The highest BCUT2D eigenvalue weighted by atomic mass is 35.5. The molecule has 0 saturated heterocycles. The predicted molar refractivity (Wildman–Crippen MR) is 101 cm³/mol. The van der Waals surface area contributed by atoms with E-state index in [1.54, 1.807) is 18.2 Å². The standard InChI is InChI=1S/C19H15Cl2N3O2/c1-2-10-24(19(25)15-9-8-14(20)11-16(15)21)12-17-22-18(23-26-17)13-6-4-3-5-7-13/h2-9,11H,1,10,12H2. The zero-order valence-electron chi connectivity index (χ0n) is 13.7. The van der Waals surface area contributed by atoms with E-state index >= 15 is 0 Å². The van der Waals surface area contributed by atoms with E-state index < -0.39 is 0 Å². The van der Waals surface area contributed by atoms with Crippen molar-refractivity contribution in [2.75, 3.05) is 6.54 Å². The number of nitrogens with zero attached hydrogens (tertiary/aromatic N) is 3. The molecular weight excluding hydrogens is 373 g/mol. The fraction of sp³-hybridized carbons (Fsp3) is 0.105. The summed E-state index contributed by atoms with van der Waals surface area (Å²) in [5, 5.41) is 4.72. The third-order valence-electron chi connectivity index (χ3n) is 3.62. The van der Waals surface area contributed by atoms with E-state index in [4.69, 9.17) is 27.7 Å². The normalized spacial score (nSPS) is 10.5. The van der Waals surface area contributed by atoms with Crippen LogP contribution in [0.2, 0.25) is 10.0 Å². The molecule has 0 saturated carbocycles. The molecule has 3 rings (SSSR count). The second-order valence-corrected chi connectivity index (χ2v) is 6.32. The molecule has 7 heteroatoms. The van der Waals surface area contributed by atoms with Gasteiger partial charge in [0, 0.05) is 17.1 Å². The Kier molecular flexibility index (Phi) is 5.71. The molecule has 1 amide bonds. The lowest BCUT2D eigenvalue weighted by Gasteiger charge is -2.19. The Bertz CT molecular complexity index is 926. The van der Waals surface area contributed by atoms with Crippen LogP contribution in [-0.2, 0) is 6.54 Å². The van der Waals surface area contributed by atoms with Gasteiger partial charge in [-0.2, -0.15) is 4.98 Å². The molecule has 0 atom stereocenters. The van der Waals surface area contributed by atoms with Crippen molar-refractivity contribution in [2.45, 2.75) is 6.54 Å². The molecule has 0 spiro atoms. The maximum absolute atomic E-state index is 12.8. The van der Waals surface area contributed by atoms with Gasteiger partial charge in [0.2, 0.25) is 11.7 Å². The molecule has 0 unspecified atom stereocenters. The molecule has 0 aliphatic carbocycles. The Morgan fingerprint density at radius 1 is 1.19 bits per heavy atom. The first kappa shape index (κ1) is 18.2. The van der Waals surface area contributed by atoms with E-state index in [9.17, 15) is 4.79 Å². The largest absolute Gasteiger partial charge is 0.337 e. The van der Waals surface area contributed by atoms with Gasteiger partial charge < -0.3 is 9.42 Å². The fourth-order valence-corrected chi connectivity index (χ4v) is 2.88. The lowest BCUT2D eigenvalue weighted by molar-refractivity contribution is 0.0745. The van der Waals surface area contributed by atoms with E-state index in [-0.39, 0.29) is 17.5 Å². The minimum Gasteiger partial charge on any atom is -0.337 e. The Hall–Kier alpha value is -2.63. The van der Waals surface area contributed by atoms with E-state index in [0.29, 0.717) is 28.8 Å². The number of carbonyl (C=O) groups is 1. The van der Waals surface area contributed by atoms with Crippen molar-refractivity contribution in [1.29, 1.82) is 0 Å². The summed E-state index contributed by atoms with van der Waals surface area (Å²) in [4.78, 5) is 18.7. The second-order valence-electron chi connectivity index (χ2n) is 5.48. The lowest BCUT2D eigenvalue weighted by Crippen LogP contribution is -2.31. The molecule has 26 heavy (non-hydrogen) atoms. The molecule has 5 nitrogen and oxygen atoms in total. The van der Waals surface area contributed by atoms with E-state index in [0.717, 1.165) is 5.56 Å². The molecule has 3 aromatic rings. The Labute approximate surface area is 160 Å². The number of rotatable bonds is 6. The van der Waals surface area contributed by atoms with Crippen LogP contribution in [-0.4, -0.2) is 27.5 Å². The van der Waals surface area contributed by atoms with Crippen LogP contribution < -0.4 is 0 Å². The van der Waals surface area contributed by atoms with Gasteiger partial charge in [-0.1, -0.05) is 64.8 Å². The number of halogens is 2. The van der Waals surface area contributed by atoms with Crippen LogP contribution in [0.3, 0.4) is 0 Å². The molecule has 0 aliphatic rings. The summed E-state index contributed by atoms with van der Waals surface area (Å²) < 4.78 is 5.29. The Morgan fingerprint density at radius 2 is 1.96 bits per heavy atom. The number of aromatic nitrogens is 2. The van der Waals surface area contributed by atoms with Crippen molar-refractivity contribution in [2.24, 2.45) is 0 Å². The highest BCUT2D eigenvalue weighted by molar-refractivity contribution is 6.36. The van der Waals surface area contributed by atoms with Crippen molar-refractivity contribution in [3.63, 3.8) is 0 Å². The van der Waals surface area contributed by atoms with Crippen molar-refractivity contribution < 1.29 is 9.32 Å². The first-order valence-corrected chi connectivity index (χ1v) is 8.57. The fourth-order valence-electron chi connectivity index (χ4n) is 2.40. The lowest BCUT2D eigenvalue weighted by atomic mass is 10.2.